The van der Waals surface area contributed by atoms with Crippen LogP contribution < -0.4 is 10.6 Å². The molecule has 0 radical (unpaired) electrons. The molecule has 2 N–H and O–H groups in total. The maximum Gasteiger partial charge on any atom is 0.128 e. The Kier molecular flexibility index (Phi) is 4.10. The normalized spacial score (nSPS) is 16.8. The van der Waals surface area contributed by atoms with Crippen LogP contribution in [0.1, 0.15) is 44.6 Å². The van der Waals surface area contributed by atoms with Crippen LogP contribution in [0.15, 0.2) is 12.1 Å². The van der Waals surface area contributed by atoms with E-state index in [1.807, 2.05) is 6.07 Å². The molecule has 1 aromatic carbocycles. The van der Waals surface area contributed by atoms with Gasteiger partial charge in [0.05, 0.1) is 11.4 Å². The van der Waals surface area contributed by atoms with Crippen LogP contribution in [0.5, 0.6) is 0 Å². The fourth-order valence-electron chi connectivity index (χ4n) is 2.95. The highest BCUT2D eigenvalue weighted by Crippen LogP contribution is 2.32. The van der Waals surface area contributed by atoms with Gasteiger partial charge in [-0.3, -0.25) is 0 Å². The minimum atomic E-state index is -0.212. The third kappa shape index (κ3) is 2.60. The highest BCUT2D eigenvalue weighted by Gasteiger charge is 2.22. The van der Waals surface area contributed by atoms with Crippen LogP contribution >= 0.6 is 0 Å². The Hall–Kier alpha value is -1.25. The molecule has 1 aliphatic rings. The molecule has 0 aromatic heterocycles. The quantitative estimate of drug-likeness (QED) is 0.825. The highest BCUT2D eigenvalue weighted by atomic mass is 19.1. The standard InChI is InChI=1S/C15H23FN2/c1-3-18(12-7-5-4-6-8-12)15-9-11(2)13(16)10-14(15)17/h9-10,12H,3-8,17H2,1-2H3. The zero-order chi connectivity index (χ0) is 13.1. The third-order valence-electron chi connectivity index (χ3n) is 3.97. The lowest BCUT2D eigenvalue weighted by atomic mass is 9.93. The first-order valence-electron chi connectivity index (χ1n) is 6.95. The van der Waals surface area contributed by atoms with Crippen LogP contribution in [0.2, 0.25) is 0 Å². The number of hydrogen-bond donors (Lipinski definition) is 1. The molecule has 1 saturated carbocycles. The third-order valence-corrected chi connectivity index (χ3v) is 3.97. The molecule has 0 unspecified atom stereocenters. The van der Waals surface area contributed by atoms with Crippen molar-refractivity contribution in [2.24, 2.45) is 0 Å². The number of hydrogen-bond acceptors (Lipinski definition) is 2. The lowest BCUT2D eigenvalue weighted by molar-refractivity contribution is 0.418. The van der Waals surface area contributed by atoms with Crippen LogP contribution in [-0.4, -0.2) is 12.6 Å². The first-order chi connectivity index (χ1) is 8.63. The molecule has 0 saturated heterocycles. The molecule has 100 valence electrons. The van der Waals surface area contributed by atoms with E-state index in [9.17, 15) is 4.39 Å². The molecule has 2 rings (SSSR count). The lowest BCUT2D eigenvalue weighted by Gasteiger charge is -2.36. The SMILES string of the molecule is CCN(c1cc(C)c(F)cc1N)C1CCCCC1. The summed E-state index contributed by atoms with van der Waals surface area (Å²) in [6, 6.07) is 3.91. The summed E-state index contributed by atoms with van der Waals surface area (Å²) in [6.45, 7) is 4.87. The summed E-state index contributed by atoms with van der Waals surface area (Å²) < 4.78 is 13.5. The number of nitrogens with two attached hydrogens (primary N) is 1. The fourth-order valence-corrected chi connectivity index (χ4v) is 2.95. The van der Waals surface area contributed by atoms with Crippen molar-refractivity contribution in [2.45, 2.75) is 52.0 Å². The molecule has 1 fully saturated rings. The van der Waals surface area contributed by atoms with Crippen LogP contribution in [0, 0.1) is 12.7 Å². The Morgan fingerprint density at radius 2 is 1.94 bits per heavy atom. The summed E-state index contributed by atoms with van der Waals surface area (Å²) in [5.41, 5.74) is 8.23. The van der Waals surface area contributed by atoms with Crippen LogP contribution in [-0.2, 0) is 0 Å². The van der Waals surface area contributed by atoms with Gasteiger partial charge in [0, 0.05) is 12.6 Å². The minimum absolute atomic E-state index is 0.212. The van der Waals surface area contributed by atoms with Gasteiger partial charge in [-0.15, -0.1) is 0 Å². The lowest BCUT2D eigenvalue weighted by Crippen LogP contribution is -2.37. The zero-order valence-electron chi connectivity index (χ0n) is 11.4. The predicted octanol–water partition coefficient (Wildman–Crippen LogP) is 3.88. The molecule has 0 heterocycles. The van der Waals surface area contributed by atoms with Crippen molar-refractivity contribution in [1.29, 1.82) is 0 Å². The molecule has 0 amide bonds. The van der Waals surface area contributed by atoms with Gasteiger partial charge in [-0.1, -0.05) is 19.3 Å². The van der Waals surface area contributed by atoms with E-state index in [0.29, 0.717) is 17.3 Å². The van der Waals surface area contributed by atoms with Gasteiger partial charge in [-0.05, 0) is 44.4 Å². The molecular weight excluding hydrogens is 227 g/mol. The second-order valence-corrected chi connectivity index (χ2v) is 5.24. The van der Waals surface area contributed by atoms with Crippen LogP contribution in [0.4, 0.5) is 15.8 Å². The van der Waals surface area contributed by atoms with E-state index in [4.69, 9.17) is 5.73 Å². The molecule has 18 heavy (non-hydrogen) atoms. The summed E-state index contributed by atoms with van der Waals surface area (Å²) >= 11 is 0. The van der Waals surface area contributed by atoms with Crippen molar-refractivity contribution in [3.05, 3.63) is 23.5 Å². The van der Waals surface area contributed by atoms with Gasteiger partial charge in [0.15, 0.2) is 0 Å². The van der Waals surface area contributed by atoms with E-state index in [0.717, 1.165) is 12.2 Å². The van der Waals surface area contributed by atoms with Gasteiger partial charge >= 0.3 is 0 Å². The first-order valence-corrected chi connectivity index (χ1v) is 6.95. The van der Waals surface area contributed by atoms with Gasteiger partial charge in [-0.25, -0.2) is 4.39 Å². The Morgan fingerprint density at radius 3 is 2.56 bits per heavy atom. The molecule has 0 bridgehead atoms. The monoisotopic (exact) mass is 250 g/mol. The maximum absolute atomic E-state index is 13.5. The van der Waals surface area contributed by atoms with Crippen molar-refractivity contribution < 1.29 is 4.39 Å². The molecule has 2 nitrogen and oxygen atoms in total. The number of halogens is 1. The number of nitrogen functional groups attached to an aromatic ring is 1. The number of aryl methyl sites for hydroxylation is 1. The van der Waals surface area contributed by atoms with E-state index in [1.165, 1.54) is 38.2 Å². The van der Waals surface area contributed by atoms with Gasteiger partial charge < -0.3 is 10.6 Å². The highest BCUT2D eigenvalue weighted by molar-refractivity contribution is 5.69. The van der Waals surface area contributed by atoms with E-state index >= 15 is 0 Å². The maximum atomic E-state index is 13.5. The molecular formula is C15H23FN2. The van der Waals surface area contributed by atoms with Gasteiger partial charge in [0.25, 0.3) is 0 Å². The van der Waals surface area contributed by atoms with Crippen molar-refractivity contribution in [2.75, 3.05) is 17.2 Å². The fraction of sp³-hybridized carbons (Fsp3) is 0.600. The van der Waals surface area contributed by atoms with E-state index in [2.05, 4.69) is 11.8 Å². The summed E-state index contributed by atoms with van der Waals surface area (Å²) in [5.74, 6) is -0.212. The van der Waals surface area contributed by atoms with E-state index < -0.39 is 0 Å². The molecule has 3 heteroatoms. The average Bonchev–Trinajstić information content (AvgIpc) is 2.38. The molecule has 1 aromatic rings. The minimum Gasteiger partial charge on any atom is -0.397 e. The van der Waals surface area contributed by atoms with Gasteiger partial charge in [0.1, 0.15) is 5.82 Å². The summed E-state index contributed by atoms with van der Waals surface area (Å²) in [7, 11) is 0. The predicted molar refractivity (Wildman–Crippen MR) is 75.4 cm³/mol. The number of anilines is 2. The van der Waals surface area contributed by atoms with E-state index in [-0.39, 0.29) is 5.82 Å². The second-order valence-electron chi connectivity index (χ2n) is 5.24. The number of benzene rings is 1. The summed E-state index contributed by atoms with van der Waals surface area (Å²) in [5, 5.41) is 0. The van der Waals surface area contributed by atoms with Crippen molar-refractivity contribution in [3.8, 4) is 0 Å². The number of nitrogens with zero attached hydrogens (tertiary/aromatic N) is 1. The second kappa shape index (κ2) is 5.59. The van der Waals surface area contributed by atoms with Gasteiger partial charge in [-0.2, -0.15) is 0 Å². The van der Waals surface area contributed by atoms with Crippen LogP contribution in [0.25, 0.3) is 0 Å². The van der Waals surface area contributed by atoms with Crippen LogP contribution in [0.3, 0.4) is 0 Å². The van der Waals surface area contributed by atoms with Crippen molar-refractivity contribution >= 4 is 11.4 Å². The van der Waals surface area contributed by atoms with Gasteiger partial charge in [0.2, 0.25) is 0 Å². The van der Waals surface area contributed by atoms with E-state index in [1.54, 1.807) is 6.92 Å². The molecule has 1 aliphatic carbocycles. The Bertz CT molecular complexity index is 411. The largest absolute Gasteiger partial charge is 0.397 e. The zero-order valence-corrected chi connectivity index (χ0v) is 11.4. The molecule has 0 aliphatic heterocycles. The van der Waals surface area contributed by atoms with Crippen molar-refractivity contribution in [1.82, 2.24) is 0 Å². The smallest absolute Gasteiger partial charge is 0.128 e. The Morgan fingerprint density at radius 1 is 1.28 bits per heavy atom. The summed E-state index contributed by atoms with van der Waals surface area (Å²) in [6.07, 6.45) is 6.38. The molecule has 0 atom stereocenters. The average molecular weight is 250 g/mol. The van der Waals surface area contributed by atoms with Crippen molar-refractivity contribution in [3.63, 3.8) is 0 Å². The summed E-state index contributed by atoms with van der Waals surface area (Å²) in [4.78, 5) is 2.35. The molecule has 0 spiro atoms. The Balaban J connectivity index is 2.28. The first kappa shape index (κ1) is 13.2. The number of rotatable bonds is 3. The Labute approximate surface area is 109 Å². The topological polar surface area (TPSA) is 29.3 Å².